The van der Waals surface area contributed by atoms with E-state index in [1.165, 1.54) is 4.40 Å². The van der Waals surface area contributed by atoms with Gasteiger partial charge in [0.25, 0.3) is 5.56 Å². The van der Waals surface area contributed by atoms with E-state index in [2.05, 4.69) is 22.7 Å². The zero-order valence-electron chi connectivity index (χ0n) is 16.1. The molecule has 1 N–H and O–H groups in total. The summed E-state index contributed by atoms with van der Waals surface area (Å²) >= 11 is 0. The Bertz CT molecular complexity index is 1190. The first kappa shape index (κ1) is 18.4. The molecule has 4 rings (SSSR count). The van der Waals surface area contributed by atoms with Crippen molar-refractivity contribution >= 4 is 23.4 Å². The molecule has 2 aromatic carbocycles. The normalized spacial score (nSPS) is 11.1. The minimum Gasteiger partial charge on any atom is -0.355 e. The number of rotatable bonds is 6. The van der Waals surface area contributed by atoms with Crippen LogP contribution in [0.3, 0.4) is 0 Å². The maximum absolute atomic E-state index is 13.1. The summed E-state index contributed by atoms with van der Waals surface area (Å²) in [5.41, 5.74) is 5.80. The number of fused-ring (bicyclic) bond motifs is 1. The van der Waals surface area contributed by atoms with Crippen molar-refractivity contribution in [2.24, 2.45) is 5.10 Å². The van der Waals surface area contributed by atoms with Gasteiger partial charge in [-0.1, -0.05) is 54.6 Å². The van der Waals surface area contributed by atoms with Gasteiger partial charge in [-0.25, -0.2) is 4.98 Å². The highest BCUT2D eigenvalue weighted by atomic mass is 16.1. The zero-order chi connectivity index (χ0) is 20.1. The number of hydrogen-bond donors (Lipinski definition) is 1. The molecule has 0 bridgehead atoms. The van der Waals surface area contributed by atoms with Crippen LogP contribution in [0.1, 0.15) is 11.1 Å². The van der Waals surface area contributed by atoms with E-state index in [0.717, 1.165) is 11.3 Å². The number of nitrogens with zero attached hydrogens (tertiary/aromatic N) is 4. The van der Waals surface area contributed by atoms with Crippen LogP contribution < -0.4 is 15.9 Å². The lowest BCUT2D eigenvalue weighted by Crippen LogP contribution is -2.27. The summed E-state index contributed by atoms with van der Waals surface area (Å²) in [6, 6.07) is 25.2. The number of hydrazone groups is 1. The van der Waals surface area contributed by atoms with E-state index in [1.807, 2.05) is 78.7 Å². The molecule has 0 aliphatic carbocycles. The van der Waals surface area contributed by atoms with Crippen molar-refractivity contribution in [1.29, 1.82) is 0 Å². The third-order valence-corrected chi connectivity index (χ3v) is 4.53. The number of benzene rings is 2. The molecule has 6 nitrogen and oxygen atoms in total. The van der Waals surface area contributed by atoms with E-state index in [9.17, 15) is 4.79 Å². The Morgan fingerprint density at radius 3 is 2.45 bits per heavy atom. The van der Waals surface area contributed by atoms with Gasteiger partial charge in [0.2, 0.25) is 0 Å². The minimum atomic E-state index is -0.163. The van der Waals surface area contributed by atoms with Crippen LogP contribution in [0.4, 0.5) is 11.5 Å². The first-order valence-corrected chi connectivity index (χ1v) is 9.33. The van der Waals surface area contributed by atoms with Gasteiger partial charge in [-0.05, 0) is 29.8 Å². The molecule has 2 heterocycles. The molecule has 0 atom stereocenters. The molecule has 144 valence electrons. The first-order valence-electron chi connectivity index (χ1n) is 9.33. The molecule has 0 aliphatic rings. The minimum absolute atomic E-state index is 0.163. The van der Waals surface area contributed by atoms with Crippen LogP contribution in [0.15, 0.2) is 95.0 Å². The lowest BCUT2D eigenvalue weighted by molar-refractivity contribution is 0.884. The van der Waals surface area contributed by atoms with Crippen molar-refractivity contribution in [1.82, 2.24) is 9.38 Å². The summed E-state index contributed by atoms with van der Waals surface area (Å²) in [6.45, 7) is 0.628. The SMILES string of the molecule is CN(Cc1ccccc1)c1nc2ccccn2c(=O)c1/C=N\Nc1ccccc1. The second-order valence-electron chi connectivity index (χ2n) is 6.66. The number of para-hydroxylation sites is 1. The largest absolute Gasteiger partial charge is 0.355 e. The van der Waals surface area contributed by atoms with Crippen molar-refractivity contribution in [3.63, 3.8) is 0 Å². The average Bonchev–Trinajstić information content (AvgIpc) is 2.76. The maximum Gasteiger partial charge on any atom is 0.268 e. The zero-order valence-corrected chi connectivity index (χ0v) is 16.1. The molecular weight excluding hydrogens is 362 g/mol. The molecule has 0 saturated heterocycles. The van der Waals surface area contributed by atoms with Crippen LogP contribution in [0.25, 0.3) is 5.65 Å². The van der Waals surface area contributed by atoms with E-state index >= 15 is 0 Å². The van der Waals surface area contributed by atoms with E-state index in [1.54, 1.807) is 12.4 Å². The number of anilines is 2. The monoisotopic (exact) mass is 383 g/mol. The first-order chi connectivity index (χ1) is 14.2. The second kappa shape index (κ2) is 8.39. The van der Waals surface area contributed by atoms with Crippen molar-refractivity contribution in [2.75, 3.05) is 17.4 Å². The summed E-state index contributed by atoms with van der Waals surface area (Å²) in [7, 11) is 1.93. The van der Waals surface area contributed by atoms with Crippen LogP contribution in [0.5, 0.6) is 0 Å². The van der Waals surface area contributed by atoms with Gasteiger partial charge in [-0.3, -0.25) is 14.6 Å². The smallest absolute Gasteiger partial charge is 0.268 e. The van der Waals surface area contributed by atoms with Crippen LogP contribution in [0, 0.1) is 0 Å². The Labute approximate surface area is 168 Å². The molecule has 0 aliphatic heterocycles. The quantitative estimate of drug-likeness (QED) is 0.407. The third-order valence-electron chi connectivity index (χ3n) is 4.53. The van der Waals surface area contributed by atoms with E-state index in [0.29, 0.717) is 23.6 Å². The Morgan fingerprint density at radius 1 is 1.00 bits per heavy atom. The molecule has 0 unspecified atom stereocenters. The third kappa shape index (κ3) is 4.16. The van der Waals surface area contributed by atoms with Crippen molar-refractivity contribution in [3.8, 4) is 0 Å². The Hall–Kier alpha value is -3.93. The highest BCUT2D eigenvalue weighted by Gasteiger charge is 2.15. The Kier molecular flexibility index (Phi) is 5.33. The number of aromatic nitrogens is 2. The lowest BCUT2D eigenvalue weighted by atomic mass is 10.2. The molecule has 2 aromatic heterocycles. The average molecular weight is 383 g/mol. The standard InChI is InChI=1S/C23H21N5O/c1-27(17-18-10-4-2-5-11-18)22-20(16-24-26-19-12-6-3-7-13-19)23(29)28-15-9-8-14-21(28)25-22/h2-16,26H,17H2,1H3/b24-16-. The second-order valence-corrected chi connectivity index (χ2v) is 6.66. The van der Waals surface area contributed by atoms with Gasteiger partial charge in [-0.15, -0.1) is 0 Å². The summed E-state index contributed by atoms with van der Waals surface area (Å²) in [5, 5.41) is 4.27. The molecular formula is C23H21N5O. The fraction of sp³-hybridized carbons (Fsp3) is 0.0870. The van der Waals surface area contributed by atoms with Gasteiger partial charge in [0.1, 0.15) is 17.0 Å². The van der Waals surface area contributed by atoms with Gasteiger partial charge in [-0.2, -0.15) is 5.10 Å². The van der Waals surface area contributed by atoms with Crippen LogP contribution in [-0.2, 0) is 6.54 Å². The van der Waals surface area contributed by atoms with Crippen LogP contribution in [0.2, 0.25) is 0 Å². The fourth-order valence-corrected chi connectivity index (χ4v) is 3.11. The Balaban J connectivity index is 1.73. The van der Waals surface area contributed by atoms with Crippen molar-refractivity contribution in [3.05, 3.63) is 107 Å². The summed E-state index contributed by atoms with van der Waals surface area (Å²) in [6.07, 6.45) is 3.26. The Morgan fingerprint density at radius 2 is 1.69 bits per heavy atom. The van der Waals surface area contributed by atoms with Gasteiger partial charge in [0.05, 0.1) is 11.9 Å². The highest BCUT2D eigenvalue weighted by Crippen LogP contribution is 2.16. The summed E-state index contributed by atoms with van der Waals surface area (Å²) in [5.74, 6) is 0.587. The maximum atomic E-state index is 13.1. The lowest BCUT2D eigenvalue weighted by Gasteiger charge is -2.20. The van der Waals surface area contributed by atoms with E-state index < -0.39 is 0 Å². The number of nitrogens with one attached hydrogen (secondary N) is 1. The molecule has 0 fully saturated rings. The topological polar surface area (TPSA) is 62.0 Å². The molecule has 4 aromatic rings. The van der Waals surface area contributed by atoms with Gasteiger partial charge >= 0.3 is 0 Å². The van der Waals surface area contributed by atoms with E-state index in [4.69, 9.17) is 4.98 Å². The molecule has 0 saturated carbocycles. The molecule has 29 heavy (non-hydrogen) atoms. The van der Waals surface area contributed by atoms with Crippen molar-refractivity contribution in [2.45, 2.75) is 6.54 Å². The summed E-state index contributed by atoms with van der Waals surface area (Å²) in [4.78, 5) is 19.8. The molecule has 0 radical (unpaired) electrons. The van der Waals surface area contributed by atoms with Gasteiger partial charge in [0.15, 0.2) is 0 Å². The van der Waals surface area contributed by atoms with Gasteiger partial charge in [0, 0.05) is 19.8 Å². The molecule has 0 spiro atoms. The predicted octanol–water partition coefficient (Wildman–Crippen LogP) is 3.78. The highest BCUT2D eigenvalue weighted by molar-refractivity contribution is 5.87. The number of hydrogen-bond acceptors (Lipinski definition) is 5. The predicted molar refractivity (Wildman–Crippen MR) is 118 cm³/mol. The summed E-state index contributed by atoms with van der Waals surface area (Å²) < 4.78 is 1.53. The fourth-order valence-electron chi connectivity index (χ4n) is 3.11. The van der Waals surface area contributed by atoms with Crippen LogP contribution in [-0.4, -0.2) is 22.6 Å². The van der Waals surface area contributed by atoms with E-state index in [-0.39, 0.29) is 5.56 Å². The molecule has 6 heteroatoms. The van der Waals surface area contributed by atoms with Crippen molar-refractivity contribution < 1.29 is 0 Å². The molecule has 0 amide bonds. The van der Waals surface area contributed by atoms with Gasteiger partial charge < -0.3 is 4.90 Å². The number of pyridine rings is 1. The van der Waals surface area contributed by atoms with Crippen LogP contribution >= 0.6 is 0 Å².